The van der Waals surface area contributed by atoms with Crippen LogP contribution >= 0.6 is 11.3 Å². The Labute approximate surface area is 136 Å². The average Bonchev–Trinajstić information content (AvgIpc) is 3.00. The van der Waals surface area contributed by atoms with Crippen LogP contribution in [-0.4, -0.2) is 17.6 Å². The van der Waals surface area contributed by atoms with Gasteiger partial charge >= 0.3 is 0 Å². The van der Waals surface area contributed by atoms with Crippen molar-refractivity contribution in [2.45, 2.75) is 38.7 Å². The fourth-order valence-electron chi connectivity index (χ4n) is 2.18. The van der Waals surface area contributed by atoms with Crippen LogP contribution in [0, 0.1) is 0 Å². The van der Waals surface area contributed by atoms with Gasteiger partial charge in [0.05, 0.1) is 6.10 Å². The highest BCUT2D eigenvalue weighted by molar-refractivity contribution is 7.07. The molecular formula is C18H23NO2S. The molecule has 4 heteroatoms. The lowest BCUT2D eigenvalue weighted by Gasteiger charge is -2.19. The third-order valence-electron chi connectivity index (χ3n) is 3.64. The second kappa shape index (κ2) is 7.07. The third-order valence-corrected chi connectivity index (χ3v) is 4.35. The summed E-state index contributed by atoms with van der Waals surface area (Å²) < 4.78 is 0. The highest BCUT2D eigenvalue weighted by atomic mass is 32.1. The number of benzene rings is 1. The fraction of sp³-hybridized carbons (Fsp3) is 0.389. The first-order valence-corrected chi connectivity index (χ1v) is 8.41. The number of hydrogen-bond donors (Lipinski definition) is 2. The maximum atomic E-state index is 12.1. The van der Waals surface area contributed by atoms with E-state index in [0.29, 0.717) is 18.5 Å². The van der Waals surface area contributed by atoms with Gasteiger partial charge < -0.3 is 10.4 Å². The van der Waals surface area contributed by atoms with Crippen molar-refractivity contribution in [3.05, 3.63) is 57.8 Å². The second-order valence-corrected chi connectivity index (χ2v) is 7.22. The van der Waals surface area contributed by atoms with Crippen molar-refractivity contribution >= 4 is 17.2 Å². The Hall–Kier alpha value is -1.65. The summed E-state index contributed by atoms with van der Waals surface area (Å²) in [7, 11) is 0. The lowest BCUT2D eigenvalue weighted by atomic mass is 9.87. The maximum absolute atomic E-state index is 12.1. The number of amides is 1. The Morgan fingerprint density at radius 2 is 1.91 bits per heavy atom. The molecule has 2 aromatic rings. The zero-order chi connectivity index (χ0) is 16.2. The number of rotatable bonds is 5. The molecule has 118 valence electrons. The molecule has 0 saturated carbocycles. The second-order valence-electron chi connectivity index (χ2n) is 6.44. The van der Waals surface area contributed by atoms with Gasteiger partial charge in [-0.1, -0.05) is 32.9 Å². The van der Waals surface area contributed by atoms with Crippen molar-refractivity contribution in [3.63, 3.8) is 0 Å². The van der Waals surface area contributed by atoms with E-state index in [1.54, 1.807) is 11.3 Å². The molecule has 1 aromatic carbocycles. The highest BCUT2D eigenvalue weighted by Crippen LogP contribution is 2.22. The van der Waals surface area contributed by atoms with Crippen LogP contribution in [-0.2, 0) is 5.41 Å². The molecule has 3 nitrogen and oxygen atoms in total. The molecule has 2 rings (SSSR count). The van der Waals surface area contributed by atoms with Gasteiger partial charge in [-0.3, -0.25) is 4.79 Å². The molecule has 0 fully saturated rings. The normalized spacial score (nSPS) is 12.9. The minimum Gasteiger partial charge on any atom is -0.388 e. The van der Waals surface area contributed by atoms with Crippen LogP contribution < -0.4 is 5.32 Å². The summed E-state index contributed by atoms with van der Waals surface area (Å²) in [6.45, 7) is 6.90. The molecular weight excluding hydrogens is 294 g/mol. The number of carbonyl (C=O) groups excluding carboxylic acids is 1. The van der Waals surface area contributed by atoms with Gasteiger partial charge in [0.2, 0.25) is 0 Å². The monoisotopic (exact) mass is 317 g/mol. The molecule has 1 atom stereocenters. The van der Waals surface area contributed by atoms with E-state index < -0.39 is 6.10 Å². The average molecular weight is 317 g/mol. The Balaban J connectivity index is 1.85. The third kappa shape index (κ3) is 4.42. The lowest BCUT2D eigenvalue weighted by molar-refractivity contribution is 0.0942. The molecule has 1 heterocycles. The van der Waals surface area contributed by atoms with E-state index in [4.69, 9.17) is 0 Å². The van der Waals surface area contributed by atoms with Gasteiger partial charge in [-0.25, -0.2) is 0 Å². The molecule has 2 N–H and O–H groups in total. The van der Waals surface area contributed by atoms with Crippen molar-refractivity contribution in [1.29, 1.82) is 0 Å². The first kappa shape index (κ1) is 16.7. The molecule has 0 aliphatic heterocycles. The molecule has 22 heavy (non-hydrogen) atoms. The van der Waals surface area contributed by atoms with E-state index in [9.17, 15) is 9.90 Å². The van der Waals surface area contributed by atoms with Crippen LogP contribution in [0.3, 0.4) is 0 Å². The molecule has 1 amide bonds. The summed E-state index contributed by atoms with van der Waals surface area (Å²) in [5, 5.41) is 16.7. The molecule has 1 unspecified atom stereocenters. The minimum atomic E-state index is -0.519. The Kier molecular flexibility index (Phi) is 5.37. The molecule has 0 radical (unpaired) electrons. The Morgan fingerprint density at radius 3 is 2.45 bits per heavy atom. The predicted octanol–water partition coefficient (Wildman–Crippen LogP) is 3.90. The summed E-state index contributed by atoms with van der Waals surface area (Å²) in [6, 6.07) is 9.60. The van der Waals surface area contributed by atoms with Gasteiger partial charge in [0.25, 0.3) is 5.91 Å². The standard InChI is InChI=1S/C18H23NO2S/c1-18(2,3)15-6-4-13(5-7-15)17(21)19-10-8-16(20)14-9-11-22-12-14/h4-7,9,11-12,16,20H,8,10H2,1-3H3,(H,19,21). The quantitative estimate of drug-likeness (QED) is 0.878. The zero-order valence-electron chi connectivity index (χ0n) is 13.3. The SMILES string of the molecule is CC(C)(C)c1ccc(C(=O)NCCC(O)c2ccsc2)cc1. The van der Waals surface area contributed by atoms with Gasteiger partial charge in [0, 0.05) is 12.1 Å². The fourth-order valence-corrected chi connectivity index (χ4v) is 2.88. The summed E-state index contributed by atoms with van der Waals surface area (Å²) in [5.41, 5.74) is 2.85. The van der Waals surface area contributed by atoms with Crippen molar-refractivity contribution in [1.82, 2.24) is 5.32 Å². The van der Waals surface area contributed by atoms with E-state index >= 15 is 0 Å². The van der Waals surface area contributed by atoms with Crippen LogP contribution in [0.25, 0.3) is 0 Å². The number of aliphatic hydroxyl groups is 1. The highest BCUT2D eigenvalue weighted by Gasteiger charge is 2.14. The summed E-state index contributed by atoms with van der Waals surface area (Å²) in [4.78, 5) is 12.1. The van der Waals surface area contributed by atoms with Crippen molar-refractivity contribution < 1.29 is 9.90 Å². The molecule has 1 aromatic heterocycles. The number of aliphatic hydroxyl groups excluding tert-OH is 1. The summed E-state index contributed by atoms with van der Waals surface area (Å²) >= 11 is 1.56. The zero-order valence-corrected chi connectivity index (χ0v) is 14.1. The number of hydrogen-bond acceptors (Lipinski definition) is 3. The molecule has 0 saturated heterocycles. The Morgan fingerprint density at radius 1 is 1.23 bits per heavy atom. The maximum Gasteiger partial charge on any atom is 0.251 e. The lowest BCUT2D eigenvalue weighted by Crippen LogP contribution is -2.25. The van der Waals surface area contributed by atoms with Crippen LogP contribution in [0.1, 0.15) is 54.8 Å². The van der Waals surface area contributed by atoms with Gasteiger partial charge in [-0.05, 0) is 51.9 Å². The van der Waals surface area contributed by atoms with E-state index in [2.05, 4.69) is 26.1 Å². The summed E-state index contributed by atoms with van der Waals surface area (Å²) in [6.07, 6.45) is -0.00227. The smallest absolute Gasteiger partial charge is 0.251 e. The van der Waals surface area contributed by atoms with Crippen LogP contribution in [0.15, 0.2) is 41.1 Å². The number of thiophene rings is 1. The molecule has 0 aliphatic rings. The van der Waals surface area contributed by atoms with Crippen molar-refractivity contribution in [2.75, 3.05) is 6.54 Å². The van der Waals surface area contributed by atoms with E-state index in [-0.39, 0.29) is 11.3 Å². The van der Waals surface area contributed by atoms with Crippen LogP contribution in [0.5, 0.6) is 0 Å². The predicted molar refractivity (Wildman–Crippen MR) is 91.4 cm³/mol. The first-order valence-electron chi connectivity index (χ1n) is 7.47. The molecule has 0 spiro atoms. The minimum absolute atomic E-state index is 0.0830. The topological polar surface area (TPSA) is 49.3 Å². The number of nitrogens with one attached hydrogen (secondary N) is 1. The summed E-state index contributed by atoms with van der Waals surface area (Å²) in [5.74, 6) is -0.0991. The van der Waals surface area contributed by atoms with E-state index in [1.807, 2.05) is 41.1 Å². The number of carbonyl (C=O) groups is 1. The van der Waals surface area contributed by atoms with Crippen LogP contribution in [0.2, 0.25) is 0 Å². The van der Waals surface area contributed by atoms with E-state index in [0.717, 1.165) is 5.56 Å². The van der Waals surface area contributed by atoms with E-state index in [1.165, 1.54) is 5.56 Å². The van der Waals surface area contributed by atoms with Gasteiger partial charge in [-0.2, -0.15) is 11.3 Å². The van der Waals surface area contributed by atoms with Crippen molar-refractivity contribution in [3.8, 4) is 0 Å². The van der Waals surface area contributed by atoms with Gasteiger partial charge in [0.1, 0.15) is 0 Å². The van der Waals surface area contributed by atoms with Crippen molar-refractivity contribution in [2.24, 2.45) is 0 Å². The largest absolute Gasteiger partial charge is 0.388 e. The molecule has 0 bridgehead atoms. The van der Waals surface area contributed by atoms with Gasteiger partial charge in [0.15, 0.2) is 0 Å². The molecule has 0 aliphatic carbocycles. The van der Waals surface area contributed by atoms with Crippen LogP contribution in [0.4, 0.5) is 0 Å². The Bertz CT molecular complexity index is 597. The first-order chi connectivity index (χ1) is 10.4. The van der Waals surface area contributed by atoms with Gasteiger partial charge in [-0.15, -0.1) is 0 Å².